The fourth-order valence-electron chi connectivity index (χ4n) is 3.34. The number of phenolic OH excluding ortho intramolecular Hbond substituents is 1. The molecule has 3 N–H and O–H groups in total. The molecule has 1 amide bonds. The van der Waals surface area contributed by atoms with Crippen molar-refractivity contribution in [2.75, 3.05) is 10.6 Å². The molecular weight excluding hydrogens is 441 g/mol. The molecule has 3 aromatic rings. The molecule has 6 nitrogen and oxygen atoms in total. The highest BCUT2D eigenvalue weighted by atomic mass is 35.5. The predicted molar refractivity (Wildman–Crippen MR) is 108 cm³/mol. The van der Waals surface area contributed by atoms with Crippen LogP contribution in [0.25, 0.3) is 0 Å². The molecule has 2 atom stereocenters. The Hall–Kier alpha value is -2.72. The highest BCUT2D eigenvalue weighted by Crippen LogP contribution is 2.47. The van der Waals surface area contributed by atoms with Crippen LogP contribution >= 0.6 is 22.9 Å². The summed E-state index contributed by atoms with van der Waals surface area (Å²) >= 11 is 7.61. The number of nitrogens with one attached hydrogen (secondary N) is 2. The maximum atomic E-state index is 13.8. The van der Waals surface area contributed by atoms with Crippen LogP contribution in [0.3, 0.4) is 0 Å². The van der Waals surface area contributed by atoms with Gasteiger partial charge in [0.1, 0.15) is 16.6 Å². The molecule has 0 spiro atoms. The minimum Gasteiger partial charge on any atom is -0.506 e. The Labute approximate surface area is 178 Å². The van der Waals surface area contributed by atoms with Crippen molar-refractivity contribution in [3.63, 3.8) is 0 Å². The van der Waals surface area contributed by atoms with E-state index in [4.69, 9.17) is 11.6 Å². The van der Waals surface area contributed by atoms with Crippen LogP contribution in [0.15, 0.2) is 35.7 Å². The topological polar surface area (TPSA) is 79.2 Å². The lowest BCUT2D eigenvalue weighted by Crippen LogP contribution is -2.35. The summed E-state index contributed by atoms with van der Waals surface area (Å²) in [5.74, 6) is -1.07. The number of nitrogens with zero attached hydrogens (tertiary/aromatic N) is 2. The van der Waals surface area contributed by atoms with Crippen molar-refractivity contribution in [2.24, 2.45) is 0 Å². The fraction of sp³-hybridized carbons (Fsp3) is 0.263. The largest absolute Gasteiger partial charge is 0.506 e. The zero-order valence-electron chi connectivity index (χ0n) is 15.5. The SMILES string of the molecule is Cc1ccc(O)c(NC(=O)c2nn3c(c2Cl)N[C@@H](c2cccs2)C[C@@H]3C(F)(F)F)c1. The summed E-state index contributed by atoms with van der Waals surface area (Å²) in [6.45, 7) is 1.76. The van der Waals surface area contributed by atoms with E-state index < -0.39 is 24.2 Å². The van der Waals surface area contributed by atoms with Gasteiger partial charge in [0.25, 0.3) is 5.91 Å². The summed E-state index contributed by atoms with van der Waals surface area (Å²) in [6.07, 6.45) is -4.86. The minimum absolute atomic E-state index is 0.0674. The van der Waals surface area contributed by atoms with Crippen molar-refractivity contribution in [1.29, 1.82) is 0 Å². The summed E-state index contributed by atoms with van der Waals surface area (Å²) in [5, 5.41) is 20.8. The highest BCUT2D eigenvalue weighted by molar-refractivity contribution is 7.10. The fourth-order valence-corrected chi connectivity index (χ4v) is 4.40. The second-order valence-electron chi connectivity index (χ2n) is 6.94. The second kappa shape index (κ2) is 7.51. The van der Waals surface area contributed by atoms with E-state index in [-0.39, 0.29) is 34.4 Å². The third-order valence-corrected chi connectivity index (χ3v) is 6.14. The Balaban J connectivity index is 1.71. The van der Waals surface area contributed by atoms with Crippen molar-refractivity contribution in [1.82, 2.24) is 9.78 Å². The Morgan fingerprint density at radius 2 is 2.17 bits per heavy atom. The van der Waals surface area contributed by atoms with Crippen LogP contribution < -0.4 is 10.6 Å². The highest BCUT2D eigenvalue weighted by Gasteiger charge is 2.48. The lowest BCUT2D eigenvalue weighted by molar-refractivity contribution is -0.173. The number of rotatable bonds is 3. The molecule has 158 valence electrons. The number of halogens is 4. The first-order valence-corrected chi connectivity index (χ1v) is 10.2. The van der Waals surface area contributed by atoms with Gasteiger partial charge in [-0.1, -0.05) is 23.7 Å². The van der Waals surface area contributed by atoms with Crippen molar-refractivity contribution in [3.8, 4) is 5.75 Å². The molecule has 1 aliphatic rings. The van der Waals surface area contributed by atoms with Crippen molar-refractivity contribution >= 4 is 40.4 Å². The molecule has 0 fully saturated rings. The third-order valence-electron chi connectivity index (χ3n) is 4.80. The van der Waals surface area contributed by atoms with Gasteiger partial charge in [-0.3, -0.25) is 4.79 Å². The number of fused-ring (bicyclic) bond motifs is 1. The number of benzene rings is 1. The lowest BCUT2D eigenvalue weighted by Gasteiger charge is -2.32. The second-order valence-corrected chi connectivity index (χ2v) is 8.29. The summed E-state index contributed by atoms with van der Waals surface area (Å²) in [4.78, 5) is 13.4. The van der Waals surface area contributed by atoms with Gasteiger partial charge >= 0.3 is 6.18 Å². The first-order valence-electron chi connectivity index (χ1n) is 8.90. The average molecular weight is 457 g/mol. The number of aromatic hydroxyl groups is 1. The van der Waals surface area contributed by atoms with E-state index in [2.05, 4.69) is 15.7 Å². The van der Waals surface area contributed by atoms with Crippen LogP contribution in [0, 0.1) is 6.92 Å². The van der Waals surface area contributed by atoms with Gasteiger partial charge in [-0.15, -0.1) is 11.3 Å². The predicted octanol–water partition coefficient (Wildman–Crippen LogP) is 5.52. The van der Waals surface area contributed by atoms with Crippen LogP contribution in [0.5, 0.6) is 5.75 Å². The first kappa shape index (κ1) is 20.5. The summed E-state index contributed by atoms with van der Waals surface area (Å²) in [7, 11) is 0. The van der Waals surface area contributed by atoms with E-state index in [9.17, 15) is 23.1 Å². The number of amides is 1. The van der Waals surface area contributed by atoms with E-state index in [0.29, 0.717) is 0 Å². The molecule has 0 bridgehead atoms. The maximum Gasteiger partial charge on any atom is 0.410 e. The van der Waals surface area contributed by atoms with E-state index >= 15 is 0 Å². The van der Waals surface area contributed by atoms with Gasteiger partial charge in [0, 0.05) is 11.3 Å². The van der Waals surface area contributed by atoms with E-state index in [0.717, 1.165) is 15.1 Å². The molecule has 0 unspecified atom stereocenters. The van der Waals surface area contributed by atoms with Crippen LogP contribution in [-0.2, 0) is 0 Å². The van der Waals surface area contributed by atoms with Crippen LogP contribution in [0.4, 0.5) is 24.7 Å². The Bertz CT molecular complexity index is 1100. The molecule has 3 heterocycles. The number of carbonyl (C=O) groups excluding carboxylic acids is 1. The number of phenols is 1. The molecule has 0 saturated carbocycles. The number of aromatic nitrogens is 2. The minimum atomic E-state index is -4.58. The summed E-state index contributed by atoms with van der Waals surface area (Å²) in [6, 6.07) is 5.52. The number of hydrogen-bond acceptors (Lipinski definition) is 5. The lowest BCUT2D eigenvalue weighted by atomic mass is 10.0. The summed E-state index contributed by atoms with van der Waals surface area (Å²) < 4.78 is 42.0. The molecule has 11 heteroatoms. The smallest absolute Gasteiger partial charge is 0.410 e. The maximum absolute atomic E-state index is 13.8. The quantitative estimate of drug-likeness (QED) is 0.453. The number of carbonyl (C=O) groups is 1. The van der Waals surface area contributed by atoms with E-state index in [1.807, 2.05) is 0 Å². The van der Waals surface area contributed by atoms with Gasteiger partial charge in [0.15, 0.2) is 11.7 Å². The first-order chi connectivity index (χ1) is 14.1. The van der Waals surface area contributed by atoms with Gasteiger partial charge in [0.2, 0.25) is 0 Å². The average Bonchev–Trinajstić information content (AvgIpc) is 3.32. The number of aryl methyl sites for hydroxylation is 1. The molecule has 1 aromatic carbocycles. The zero-order chi connectivity index (χ0) is 21.6. The summed E-state index contributed by atoms with van der Waals surface area (Å²) in [5.41, 5.74) is 0.524. The standard InChI is InChI=1S/C19H16ClF3N4O2S/c1-9-4-5-12(28)10(7-9)25-18(29)16-15(20)17-24-11(13-3-2-6-30-13)8-14(19(21,22)23)27(17)26-16/h2-7,11,14,24,28H,8H2,1H3,(H,25,29)/t11-,14-/m1/s1. The van der Waals surface area contributed by atoms with Gasteiger partial charge in [-0.25, -0.2) is 4.68 Å². The molecular formula is C19H16ClF3N4O2S. The van der Waals surface area contributed by atoms with Crippen LogP contribution in [0.2, 0.25) is 5.02 Å². The van der Waals surface area contributed by atoms with Gasteiger partial charge in [0.05, 0.1) is 11.7 Å². The van der Waals surface area contributed by atoms with Crippen molar-refractivity contribution < 1.29 is 23.1 Å². The van der Waals surface area contributed by atoms with Gasteiger partial charge in [-0.05, 0) is 36.1 Å². The number of alkyl halides is 3. The number of hydrogen-bond donors (Lipinski definition) is 3. The van der Waals surface area contributed by atoms with E-state index in [1.165, 1.54) is 23.5 Å². The molecule has 4 rings (SSSR count). The number of thiophene rings is 1. The Morgan fingerprint density at radius 3 is 2.83 bits per heavy atom. The molecule has 30 heavy (non-hydrogen) atoms. The Kier molecular flexibility index (Phi) is 5.15. The zero-order valence-corrected chi connectivity index (χ0v) is 17.1. The normalized spacial score (nSPS) is 18.6. The molecule has 1 aliphatic heterocycles. The van der Waals surface area contributed by atoms with Crippen LogP contribution in [0.1, 0.15) is 39.4 Å². The Morgan fingerprint density at radius 1 is 1.40 bits per heavy atom. The molecule has 0 radical (unpaired) electrons. The molecule has 0 aliphatic carbocycles. The third kappa shape index (κ3) is 3.72. The van der Waals surface area contributed by atoms with Gasteiger partial charge in [-0.2, -0.15) is 18.3 Å². The molecule has 2 aromatic heterocycles. The number of anilines is 2. The van der Waals surface area contributed by atoms with E-state index in [1.54, 1.807) is 30.5 Å². The van der Waals surface area contributed by atoms with Gasteiger partial charge < -0.3 is 15.7 Å². The molecule has 0 saturated heterocycles. The van der Waals surface area contributed by atoms with Crippen molar-refractivity contribution in [2.45, 2.75) is 31.6 Å². The monoisotopic (exact) mass is 456 g/mol. The van der Waals surface area contributed by atoms with Crippen molar-refractivity contribution in [3.05, 3.63) is 56.9 Å². The van der Waals surface area contributed by atoms with Crippen LogP contribution in [-0.4, -0.2) is 27.0 Å².